The number of hydrogen-bond donors (Lipinski definition) is 1. The summed E-state index contributed by atoms with van der Waals surface area (Å²) in [4.78, 5) is 15.3. The zero-order valence-electron chi connectivity index (χ0n) is 11.5. The first kappa shape index (κ1) is 14.5. The Morgan fingerprint density at radius 3 is 3.11 bits per heavy atom. The maximum absolute atomic E-state index is 10.7. The van der Waals surface area contributed by atoms with Crippen LogP contribution in [0.25, 0.3) is 0 Å². The fourth-order valence-electron chi connectivity index (χ4n) is 2.92. The van der Waals surface area contributed by atoms with Gasteiger partial charge in [-0.2, -0.15) is 0 Å². The first-order valence-corrected chi connectivity index (χ1v) is 7.74. The van der Waals surface area contributed by atoms with Crippen molar-refractivity contribution in [2.24, 2.45) is 5.92 Å². The molecule has 0 bridgehead atoms. The minimum absolute atomic E-state index is 0.00570. The second-order valence-electron chi connectivity index (χ2n) is 5.34. The van der Waals surface area contributed by atoms with Gasteiger partial charge in [0.25, 0.3) is 0 Å². The molecule has 1 fully saturated rings. The number of aliphatic carboxylic acids is 1. The fourth-order valence-corrected chi connectivity index (χ4v) is 3.93. The zero-order chi connectivity index (χ0) is 13.9. The largest absolute Gasteiger partial charge is 0.481 e. The summed E-state index contributed by atoms with van der Waals surface area (Å²) in [5.41, 5.74) is 0.359. The number of rotatable bonds is 5. The van der Waals surface area contributed by atoms with Gasteiger partial charge in [0.05, 0.1) is 12.1 Å². The zero-order valence-corrected chi connectivity index (χ0v) is 12.3. The highest BCUT2D eigenvalue weighted by atomic mass is 32.1. The monoisotopic (exact) mass is 283 g/mol. The van der Waals surface area contributed by atoms with E-state index in [2.05, 4.69) is 11.9 Å². The maximum Gasteiger partial charge on any atom is 0.309 e. The third-order valence-electron chi connectivity index (χ3n) is 3.65. The lowest BCUT2D eigenvalue weighted by Crippen LogP contribution is -2.35. The number of carbonyl (C=O) groups is 1. The highest BCUT2D eigenvalue weighted by Gasteiger charge is 2.39. The Morgan fingerprint density at radius 2 is 2.47 bits per heavy atom. The molecule has 5 heteroatoms. The van der Waals surface area contributed by atoms with Gasteiger partial charge < -0.3 is 9.84 Å². The summed E-state index contributed by atoms with van der Waals surface area (Å²) in [6, 6.07) is 0. The molecule has 0 amide bonds. The molecule has 1 aromatic rings. The maximum atomic E-state index is 10.7. The van der Waals surface area contributed by atoms with E-state index in [0.717, 1.165) is 24.3 Å². The van der Waals surface area contributed by atoms with Gasteiger partial charge in [-0.15, -0.1) is 11.3 Å². The number of ether oxygens (including phenoxy) is 1. The van der Waals surface area contributed by atoms with E-state index in [4.69, 9.17) is 9.84 Å². The molecule has 0 saturated heterocycles. The number of nitrogens with zero attached hydrogens (tertiary/aromatic N) is 1. The second kappa shape index (κ2) is 6.01. The molecule has 1 N–H and O–H groups in total. The molecule has 1 heterocycles. The molecule has 2 atom stereocenters. The summed E-state index contributed by atoms with van der Waals surface area (Å²) in [7, 11) is 0. The van der Waals surface area contributed by atoms with Gasteiger partial charge in [-0.25, -0.2) is 4.98 Å². The molecular weight excluding hydrogens is 262 g/mol. The van der Waals surface area contributed by atoms with Crippen LogP contribution in [0.1, 0.15) is 50.2 Å². The van der Waals surface area contributed by atoms with Gasteiger partial charge in [0, 0.05) is 12.0 Å². The van der Waals surface area contributed by atoms with Gasteiger partial charge in [-0.1, -0.05) is 13.3 Å². The first-order valence-electron chi connectivity index (χ1n) is 6.86. The number of aromatic nitrogens is 1. The van der Waals surface area contributed by atoms with Crippen molar-refractivity contribution in [3.8, 4) is 0 Å². The van der Waals surface area contributed by atoms with Gasteiger partial charge in [-0.3, -0.25) is 4.79 Å². The Bertz CT molecular complexity index is 442. The normalized spacial score (nSPS) is 27.4. The highest BCUT2D eigenvalue weighted by Crippen LogP contribution is 2.44. The fraction of sp³-hybridized carbons (Fsp3) is 0.714. The van der Waals surface area contributed by atoms with E-state index >= 15 is 0 Å². The molecular formula is C14H21NO3S. The molecule has 1 aromatic heterocycles. The van der Waals surface area contributed by atoms with Crippen LogP contribution in [0.3, 0.4) is 0 Å². The summed E-state index contributed by atoms with van der Waals surface area (Å²) in [6.45, 7) is 4.92. The molecule has 0 spiro atoms. The van der Waals surface area contributed by atoms with E-state index in [-0.39, 0.29) is 12.0 Å². The van der Waals surface area contributed by atoms with E-state index in [1.807, 2.05) is 12.3 Å². The van der Waals surface area contributed by atoms with E-state index < -0.39 is 5.97 Å². The quantitative estimate of drug-likeness (QED) is 0.901. The van der Waals surface area contributed by atoms with Crippen molar-refractivity contribution in [3.63, 3.8) is 0 Å². The van der Waals surface area contributed by atoms with Crippen LogP contribution in [0, 0.1) is 5.92 Å². The van der Waals surface area contributed by atoms with E-state index in [0.29, 0.717) is 18.2 Å². The predicted molar refractivity (Wildman–Crippen MR) is 74.4 cm³/mol. The predicted octanol–water partition coefficient (Wildman–Crippen LogP) is 3.21. The molecule has 1 saturated carbocycles. The van der Waals surface area contributed by atoms with Crippen LogP contribution in [0.2, 0.25) is 0 Å². The van der Waals surface area contributed by atoms with Crippen molar-refractivity contribution >= 4 is 17.3 Å². The van der Waals surface area contributed by atoms with Crippen LogP contribution >= 0.6 is 11.3 Å². The Balaban J connectivity index is 2.23. The standard InChI is InChI=1S/C14H21NO3S/c1-3-18-14(6-4-5-10(2)8-14)13-15-11(9-19-13)7-12(16)17/h9-10H,3-8H2,1-2H3,(H,16,17). The number of hydrogen-bond acceptors (Lipinski definition) is 4. The van der Waals surface area contributed by atoms with E-state index in [1.165, 1.54) is 17.8 Å². The van der Waals surface area contributed by atoms with E-state index in [9.17, 15) is 4.79 Å². The van der Waals surface area contributed by atoms with Crippen molar-refractivity contribution < 1.29 is 14.6 Å². The third kappa shape index (κ3) is 3.34. The van der Waals surface area contributed by atoms with E-state index in [1.54, 1.807) is 0 Å². The topological polar surface area (TPSA) is 59.4 Å². The van der Waals surface area contributed by atoms with Crippen LogP contribution in [-0.2, 0) is 21.6 Å². The molecule has 4 nitrogen and oxygen atoms in total. The average Bonchev–Trinajstić information content (AvgIpc) is 2.77. The second-order valence-corrected chi connectivity index (χ2v) is 6.20. The van der Waals surface area contributed by atoms with Crippen molar-refractivity contribution in [1.82, 2.24) is 4.98 Å². The summed E-state index contributed by atoms with van der Waals surface area (Å²) in [5, 5.41) is 11.6. The summed E-state index contributed by atoms with van der Waals surface area (Å²) in [6.07, 6.45) is 4.36. The van der Waals surface area contributed by atoms with Crippen LogP contribution in [0.5, 0.6) is 0 Å². The van der Waals surface area contributed by atoms with Crippen LogP contribution < -0.4 is 0 Å². The number of carboxylic acids is 1. The van der Waals surface area contributed by atoms with Gasteiger partial charge in [0.1, 0.15) is 10.6 Å². The van der Waals surface area contributed by atoms with Gasteiger partial charge >= 0.3 is 5.97 Å². The smallest absolute Gasteiger partial charge is 0.309 e. The molecule has 0 radical (unpaired) electrons. The van der Waals surface area contributed by atoms with Crippen molar-refractivity contribution in [2.45, 2.75) is 51.6 Å². The van der Waals surface area contributed by atoms with Crippen molar-refractivity contribution in [2.75, 3.05) is 6.61 Å². The molecule has 2 rings (SSSR count). The Morgan fingerprint density at radius 1 is 1.68 bits per heavy atom. The lowest BCUT2D eigenvalue weighted by molar-refractivity contribution is -0.136. The first-order chi connectivity index (χ1) is 9.05. The van der Waals surface area contributed by atoms with Crippen molar-refractivity contribution in [3.05, 3.63) is 16.1 Å². The lowest BCUT2D eigenvalue weighted by Gasteiger charge is -2.38. The molecule has 2 unspecified atom stereocenters. The SMILES string of the molecule is CCOC1(c2nc(CC(=O)O)cs2)CCCC(C)C1. The summed E-state index contributed by atoms with van der Waals surface area (Å²) in [5.74, 6) is -0.202. The molecule has 0 aliphatic heterocycles. The lowest BCUT2D eigenvalue weighted by atomic mass is 9.79. The van der Waals surface area contributed by atoms with Crippen LogP contribution in [0.15, 0.2) is 5.38 Å². The Hall–Kier alpha value is -0.940. The molecule has 19 heavy (non-hydrogen) atoms. The minimum atomic E-state index is -0.834. The molecule has 0 aromatic carbocycles. The van der Waals surface area contributed by atoms with Crippen LogP contribution in [-0.4, -0.2) is 22.7 Å². The number of thiazole rings is 1. The highest BCUT2D eigenvalue weighted by molar-refractivity contribution is 7.09. The van der Waals surface area contributed by atoms with Crippen LogP contribution in [0.4, 0.5) is 0 Å². The Kier molecular flexibility index (Phi) is 4.58. The molecule has 106 valence electrons. The third-order valence-corrected chi connectivity index (χ3v) is 4.73. The average molecular weight is 283 g/mol. The van der Waals surface area contributed by atoms with Crippen molar-refractivity contribution in [1.29, 1.82) is 0 Å². The van der Waals surface area contributed by atoms with Gasteiger partial charge in [-0.05, 0) is 32.1 Å². The summed E-state index contributed by atoms with van der Waals surface area (Å²) >= 11 is 1.54. The van der Waals surface area contributed by atoms with Gasteiger partial charge in [0.2, 0.25) is 0 Å². The Labute approximate surface area is 117 Å². The summed E-state index contributed by atoms with van der Waals surface area (Å²) < 4.78 is 6.05. The molecule has 1 aliphatic carbocycles. The number of carboxylic acid groups (broad SMARTS) is 1. The minimum Gasteiger partial charge on any atom is -0.481 e. The van der Waals surface area contributed by atoms with Gasteiger partial charge in [0.15, 0.2) is 0 Å². The molecule has 1 aliphatic rings.